The van der Waals surface area contributed by atoms with E-state index < -0.39 is 12.1 Å². The van der Waals surface area contributed by atoms with Crippen LogP contribution in [0.5, 0.6) is 0 Å². The second-order valence-corrected chi connectivity index (χ2v) is 4.25. The largest absolute Gasteiger partial charge is 0.394 e. The molecule has 0 aromatic carbocycles. The van der Waals surface area contributed by atoms with E-state index in [0.29, 0.717) is 6.61 Å². The van der Waals surface area contributed by atoms with Crippen molar-refractivity contribution >= 4 is 0 Å². The Bertz CT molecular complexity index is 230. The molecule has 0 aromatic heterocycles. The average Bonchev–Trinajstić information content (AvgIpc) is 2.60. The zero-order valence-corrected chi connectivity index (χ0v) is 9.30. The number of aliphatic hydroxyl groups excluding tert-OH is 1. The fraction of sp³-hybridized carbons (Fsp3) is 1.00. The van der Waals surface area contributed by atoms with Gasteiger partial charge in [0.05, 0.1) is 6.61 Å². The van der Waals surface area contributed by atoms with Crippen molar-refractivity contribution in [3.05, 3.63) is 0 Å². The molecule has 2 aliphatic heterocycles. The van der Waals surface area contributed by atoms with Gasteiger partial charge in [-0.05, 0) is 20.8 Å². The minimum Gasteiger partial charge on any atom is -0.394 e. The Morgan fingerprint density at radius 2 is 2.07 bits per heavy atom. The molecule has 2 aliphatic rings. The summed E-state index contributed by atoms with van der Waals surface area (Å²) < 4.78 is 22.3. The maximum Gasteiger partial charge on any atom is 0.190 e. The van der Waals surface area contributed by atoms with E-state index >= 15 is 0 Å². The third kappa shape index (κ3) is 2.03. The number of ether oxygens (including phenoxy) is 4. The van der Waals surface area contributed by atoms with Gasteiger partial charge in [0.2, 0.25) is 0 Å². The molecule has 5 heteroatoms. The van der Waals surface area contributed by atoms with Crippen LogP contribution >= 0.6 is 0 Å². The lowest BCUT2D eigenvalue weighted by molar-refractivity contribution is -0.221. The van der Waals surface area contributed by atoms with Gasteiger partial charge in [0, 0.05) is 6.61 Å². The van der Waals surface area contributed by atoms with Crippen LogP contribution in [0.4, 0.5) is 0 Å². The highest BCUT2D eigenvalue weighted by atomic mass is 16.8. The number of hydrogen-bond acceptors (Lipinski definition) is 5. The first-order valence-electron chi connectivity index (χ1n) is 5.31. The standard InChI is InChI=1S/C10H18O5/c1-4-12-7-6(5-11)13-9-8(7)14-10(2,3)15-9/h6-9,11H,4-5H2,1-3H3/t6-,7+,8-,9-/m1/s1. The smallest absolute Gasteiger partial charge is 0.190 e. The quantitative estimate of drug-likeness (QED) is 0.736. The van der Waals surface area contributed by atoms with Gasteiger partial charge in [-0.15, -0.1) is 0 Å². The Balaban J connectivity index is 2.07. The Labute approximate surface area is 89.3 Å². The van der Waals surface area contributed by atoms with Crippen LogP contribution in [0.1, 0.15) is 20.8 Å². The van der Waals surface area contributed by atoms with Crippen molar-refractivity contribution in [3.8, 4) is 0 Å². The van der Waals surface area contributed by atoms with Gasteiger partial charge in [0.25, 0.3) is 0 Å². The Kier molecular flexibility index (Phi) is 3.00. The molecular formula is C10H18O5. The summed E-state index contributed by atoms with van der Waals surface area (Å²) >= 11 is 0. The molecule has 0 unspecified atom stereocenters. The van der Waals surface area contributed by atoms with E-state index in [0.717, 1.165) is 0 Å². The lowest BCUT2D eigenvalue weighted by Crippen LogP contribution is -2.38. The number of fused-ring (bicyclic) bond motifs is 1. The monoisotopic (exact) mass is 218 g/mol. The molecule has 5 nitrogen and oxygen atoms in total. The van der Waals surface area contributed by atoms with Crippen LogP contribution in [-0.4, -0.2) is 48.7 Å². The van der Waals surface area contributed by atoms with Crippen molar-refractivity contribution in [1.29, 1.82) is 0 Å². The van der Waals surface area contributed by atoms with E-state index in [2.05, 4.69) is 0 Å². The van der Waals surface area contributed by atoms with Crippen LogP contribution in [0, 0.1) is 0 Å². The van der Waals surface area contributed by atoms with Crippen molar-refractivity contribution in [1.82, 2.24) is 0 Å². The Morgan fingerprint density at radius 1 is 1.33 bits per heavy atom. The van der Waals surface area contributed by atoms with E-state index in [9.17, 15) is 0 Å². The van der Waals surface area contributed by atoms with Gasteiger partial charge in [-0.25, -0.2) is 0 Å². The van der Waals surface area contributed by atoms with Crippen LogP contribution in [0.2, 0.25) is 0 Å². The van der Waals surface area contributed by atoms with Crippen LogP contribution in [0.15, 0.2) is 0 Å². The van der Waals surface area contributed by atoms with Gasteiger partial charge in [-0.2, -0.15) is 0 Å². The molecule has 1 N–H and O–H groups in total. The zero-order chi connectivity index (χ0) is 11.1. The van der Waals surface area contributed by atoms with Gasteiger partial charge < -0.3 is 24.1 Å². The lowest BCUT2D eigenvalue weighted by Gasteiger charge is -2.24. The van der Waals surface area contributed by atoms with E-state index in [4.69, 9.17) is 24.1 Å². The van der Waals surface area contributed by atoms with Crippen molar-refractivity contribution in [2.24, 2.45) is 0 Å². The third-order valence-electron chi connectivity index (χ3n) is 2.63. The summed E-state index contributed by atoms with van der Waals surface area (Å²) in [6.07, 6.45) is -1.26. The van der Waals surface area contributed by atoms with Crippen molar-refractivity contribution in [2.75, 3.05) is 13.2 Å². The van der Waals surface area contributed by atoms with Gasteiger partial charge in [0.15, 0.2) is 12.1 Å². The van der Waals surface area contributed by atoms with Crippen molar-refractivity contribution in [2.45, 2.75) is 51.2 Å². The second kappa shape index (κ2) is 3.99. The van der Waals surface area contributed by atoms with E-state index in [1.807, 2.05) is 20.8 Å². The first kappa shape index (κ1) is 11.3. The average molecular weight is 218 g/mol. The maximum atomic E-state index is 9.13. The highest BCUT2D eigenvalue weighted by molar-refractivity contribution is 4.93. The van der Waals surface area contributed by atoms with Crippen molar-refractivity contribution in [3.63, 3.8) is 0 Å². The molecule has 0 bridgehead atoms. The van der Waals surface area contributed by atoms with Gasteiger partial charge >= 0.3 is 0 Å². The molecule has 0 aliphatic carbocycles. The maximum absolute atomic E-state index is 9.13. The van der Waals surface area contributed by atoms with Gasteiger partial charge in [0.1, 0.15) is 18.3 Å². The summed E-state index contributed by atoms with van der Waals surface area (Å²) in [5, 5.41) is 9.13. The third-order valence-corrected chi connectivity index (χ3v) is 2.63. The number of hydrogen-bond donors (Lipinski definition) is 1. The minimum atomic E-state index is -0.634. The summed E-state index contributed by atoms with van der Waals surface area (Å²) in [6, 6.07) is 0. The van der Waals surface area contributed by atoms with Crippen LogP contribution < -0.4 is 0 Å². The molecule has 0 aromatic rings. The molecule has 0 radical (unpaired) electrons. The molecule has 0 saturated carbocycles. The molecule has 2 rings (SSSR count). The molecule has 15 heavy (non-hydrogen) atoms. The summed E-state index contributed by atoms with van der Waals surface area (Å²) in [5.74, 6) is -0.634. The normalized spacial score (nSPS) is 43.2. The molecule has 2 fully saturated rings. The number of rotatable bonds is 3. The van der Waals surface area contributed by atoms with Gasteiger partial charge in [-0.3, -0.25) is 0 Å². The predicted octanol–water partition coefficient (Wildman–Crippen LogP) is 0.260. The second-order valence-electron chi connectivity index (χ2n) is 4.25. The fourth-order valence-corrected chi connectivity index (χ4v) is 2.09. The van der Waals surface area contributed by atoms with Gasteiger partial charge in [-0.1, -0.05) is 0 Å². The van der Waals surface area contributed by atoms with E-state index in [1.165, 1.54) is 0 Å². The lowest BCUT2D eigenvalue weighted by atomic mass is 10.1. The molecular weight excluding hydrogens is 200 g/mol. The highest BCUT2D eigenvalue weighted by Gasteiger charge is 2.55. The highest BCUT2D eigenvalue weighted by Crippen LogP contribution is 2.38. The molecule has 88 valence electrons. The molecule has 4 atom stereocenters. The fourth-order valence-electron chi connectivity index (χ4n) is 2.09. The first-order valence-corrected chi connectivity index (χ1v) is 5.31. The summed E-state index contributed by atoms with van der Waals surface area (Å²) in [4.78, 5) is 0. The molecule has 2 saturated heterocycles. The summed E-state index contributed by atoms with van der Waals surface area (Å²) in [5.41, 5.74) is 0. The molecule has 0 amide bonds. The predicted molar refractivity (Wildman–Crippen MR) is 51.2 cm³/mol. The molecule has 2 heterocycles. The molecule has 0 spiro atoms. The SMILES string of the molecule is CCO[C@@H]1[C@H]2OC(C)(C)O[C@H]2O[C@@H]1CO. The van der Waals surface area contributed by atoms with Crippen LogP contribution in [-0.2, 0) is 18.9 Å². The van der Waals surface area contributed by atoms with Crippen LogP contribution in [0.25, 0.3) is 0 Å². The minimum absolute atomic E-state index is 0.0786. The summed E-state index contributed by atoms with van der Waals surface area (Å²) in [6.45, 7) is 6.07. The van der Waals surface area contributed by atoms with E-state index in [-0.39, 0.29) is 24.9 Å². The Hall–Kier alpha value is -0.200. The van der Waals surface area contributed by atoms with Crippen LogP contribution in [0.3, 0.4) is 0 Å². The van der Waals surface area contributed by atoms with Crippen molar-refractivity contribution < 1.29 is 24.1 Å². The Morgan fingerprint density at radius 3 is 2.67 bits per heavy atom. The van der Waals surface area contributed by atoms with E-state index in [1.54, 1.807) is 0 Å². The first-order chi connectivity index (χ1) is 7.07. The summed E-state index contributed by atoms with van der Waals surface area (Å²) in [7, 11) is 0. The zero-order valence-electron chi connectivity index (χ0n) is 9.30. The topological polar surface area (TPSA) is 57.2 Å². The number of aliphatic hydroxyl groups is 1.